The first-order chi connectivity index (χ1) is 7.97. The van der Waals surface area contributed by atoms with Gasteiger partial charge in [0.15, 0.2) is 0 Å². The van der Waals surface area contributed by atoms with E-state index in [9.17, 15) is 8.42 Å². The zero-order valence-electron chi connectivity index (χ0n) is 8.68. The van der Waals surface area contributed by atoms with E-state index in [2.05, 4.69) is 24.9 Å². The van der Waals surface area contributed by atoms with Crippen molar-refractivity contribution >= 4 is 27.6 Å². The van der Waals surface area contributed by atoms with Crippen LogP contribution in [0.5, 0.6) is 0 Å². The highest BCUT2D eigenvalue weighted by molar-refractivity contribution is 7.92. The Morgan fingerprint density at radius 2 is 2.18 bits per heavy atom. The van der Waals surface area contributed by atoms with Crippen molar-refractivity contribution in [1.29, 1.82) is 0 Å². The number of hydrogen-bond acceptors (Lipinski definition) is 5. The summed E-state index contributed by atoms with van der Waals surface area (Å²) >= 11 is 5.70. The molecule has 2 aromatic heterocycles. The third-order valence-corrected chi connectivity index (χ3v) is 3.32. The Kier molecular flexibility index (Phi) is 2.99. The van der Waals surface area contributed by atoms with E-state index in [-0.39, 0.29) is 16.0 Å². The molecule has 0 aliphatic rings. The zero-order chi connectivity index (χ0) is 12.5. The predicted octanol–water partition coefficient (Wildman–Crippen LogP) is 0.962. The van der Waals surface area contributed by atoms with Crippen molar-refractivity contribution in [2.24, 2.45) is 0 Å². The molecule has 0 saturated carbocycles. The molecule has 2 aromatic rings. The van der Waals surface area contributed by atoms with E-state index in [1.807, 2.05) is 0 Å². The van der Waals surface area contributed by atoms with Gasteiger partial charge < -0.3 is 0 Å². The molecule has 0 spiro atoms. The Morgan fingerprint density at radius 3 is 2.76 bits per heavy atom. The van der Waals surface area contributed by atoms with Crippen LogP contribution in [-0.4, -0.2) is 28.6 Å². The van der Waals surface area contributed by atoms with Gasteiger partial charge in [0, 0.05) is 11.9 Å². The number of nitrogens with one attached hydrogen (secondary N) is 2. The molecule has 7 nitrogen and oxygen atoms in total. The second-order valence-corrected chi connectivity index (χ2v) is 5.26. The van der Waals surface area contributed by atoms with Crippen molar-refractivity contribution in [2.75, 3.05) is 4.72 Å². The predicted molar refractivity (Wildman–Crippen MR) is 61.2 cm³/mol. The van der Waals surface area contributed by atoms with Crippen LogP contribution in [0.15, 0.2) is 23.4 Å². The summed E-state index contributed by atoms with van der Waals surface area (Å²) in [6, 6.07) is 1.53. The van der Waals surface area contributed by atoms with Gasteiger partial charge in [0.1, 0.15) is 10.0 Å². The van der Waals surface area contributed by atoms with Gasteiger partial charge >= 0.3 is 0 Å². The fourth-order valence-electron chi connectivity index (χ4n) is 1.14. The molecule has 2 N–H and O–H groups in total. The van der Waals surface area contributed by atoms with E-state index >= 15 is 0 Å². The number of aromatic nitrogens is 4. The lowest BCUT2D eigenvalue weighted by molar-refractivity contribution is 0.601. The molecule has 0 bridgehead atoms. The van der Waals surface area contributed by atoms with Crippen molar-refractivity contribution < 1.29 is 8.42 Å². The monoisotopic (exact) mass is 273 g/mol. The fourth-order valence-corrected chi connectivity index (χ4v) is 2.23. The fraction of sp³-hybridized carbons (Fsp3) is 0.125. The van der Waals surface area contributed by atoms with Gasteiger partial charge in [0.25, 0.3) is 10.0 Å². The molecule has 0 amide bonds. The normalized spacial score (nSPS) is 11.4. The molecule has 0 aliphatic heterocycles. The van der Waals surface area contributed by atoms with Crippen LogP contribution in [0.4, 0.5) is 5.95 Å². The lowest BCUT2D eigenvalue weighted by Crippen LogP contribution is -2.14. The van der Waals surface area contributed by atoms with E-state index in [1.54, 1.807) is 6.92 Å². The maximum Gasteiger partial charge on any atom is 0.267 e. The first kappa shape index (κ1) is 11.8. The van der Waals surface area contributed by atoms with Crippen LogP contribution < -0.4 is 4.72 Å². The largest absolute Gasteiger partial charge is 0.284 e. The quantitative estimate of drug-likeness (QED) is 0.811. The van der Waals surface area contributed by atoms with E-state index in [0.29, 0.717) is 5.69 Å². The first-order valence-electron chi connectivity index (χ1n) is 4.50. The third-order valence-electron chi connectivity index (χ3n) is 1.83. The van der Waals surface area contributed by atoms with Gasteiger partial charge in [0.05, 0.1) is 6.20 Å². The zero-order valence-corrected chi connectivity index (χ0v) is 10.2. The Bertz CT molecular complexity index is 605. The van der Waals surface area contributed by atoms with E-state index in [4.69, 9.17) is 11.6 Å². The molecule has 0 aromatic carbocycles. The second kappa shape index (κ2) is 4.30. The molecule has 0 aliphatic carbocycles. The summed E-state index contributed by atoms with van der Waals surface area (Å²) in [5.41, 5.74) is 0.565. The average Bonchev–Trinajstić information content (AvgIpc) is 2.67. The number of H-pyrrole nitrogens is 1. The van der Waals surface area contributed by atoms with Gasteiger partial charge in [0.2, 0.25) is 5.95 Å². The van der Waals surface area contributed by atoms with Gasteiger partial charge in [-0.15, -0.1) is 0 Å². The summed E-state index contributed by atoms with van der Waals surface area (Å²) in [7, 11) is -3.73. The minimum Gasteiger partial charge on any atom is -0.284 e. The van der Waals surface area contributed by atoms with Crippen LogP contribution >= 0.6 is 11.6 Å². The van der Waals surface area contributed by atoms with Crippen LogP contribution in [0.25, 0.3) is 0 Å². The topological polar surface area (TPSA) is 101 Å². The highest BCUT2D eigenvalue weighted by Crippen LogP contribution is 2.14. The number of sulfonamides is 1. The lowest BCUT2D eigenvalue weighted by atomic mass is 10.5. The molecule has 17 heavy (non-hydrogen) atoms. The van der Waals surface area contributed by atoms with E-state index < -0.39 is 10.0 Å². The van der Waals surface area contributed by atoms with Crippen LogP contribution in [0.1, 0.15) is 5.69 Å². The molecule has 9 heteroatoms. The lowest BCUT2D eigenvalue weighted by Gasteiger charge is -2.05. The van der Waals surface area contributed by atoms with E-state index in [0.717, 1.165) is 0 Å². The van der Waals surface area contributed by atoms with Gasteiger partial charge in [-0.05, 0) is 13.0 Å². The van der Waals surface area contributed by atoms with Crippen LogP contribution in [0.3, 0.4) is 0 Å². The Balaban J connectivity index is 2.33. The number of halogens is 1. The minimum atomic E-state index is -3.73. The minimum absolute atomic E-state index is 0.00118. The molecule has 0 atom stereocenters. The molecule has 0 saturated heterocycles. The number of aryl methyl sites for hydroxylation is 1. The molecule has 90 valence electrons. The molecule has 2 rings (SSSR count). The number of nitrogens with zero attached hydrogens (tertiary/aromatic N) is 3. The van der Waals surface area contributed by atoms with E-state index in [1.165, 1.54) is 18.5 Å². The third kappa shape index (κ3) is 2.71. The van der Waals surface area contributed by atoms with Gasteiger partial charge in [-0.2, -0.15) is 5.10 Å². The van der Waals surface area contributed by atoms with Crippen LogP contribution in [0.2, 0.25) is 5.15 Å². The SMILES string of the molecule is Cc1cc(Cl)nc(NS(=O)(=O)c2cn[nH]c2)n1. The van der Waals surface area contributed by atoms with Gasteiger partial charge in [-0.3, -0.25) is 5.10 Å². The summed E-state index contributed by atoms with van der Waals surface area (Å²) in [4.78, 5) is 7.67. The summed E-state index contributed by atoms with van der Waals surface area (Å²) in [6.45, 7) is 1.68. The second-order valence-electron chi connectivity index (χ2n) is 3.20. The number of rotatable bonds is 3. The van der Waals surface area contributed by atoms with Crippen LogP contribution in [-0.2, 0) is 10.0 Å². The van der Waals surface area contributed by atoms with Crippen LogP contribution in [0, 0.1) is 6.92 Å². The number of hydrogen-bond donors (Lipinski definition) is 2. The Morgan fingerprint density at radius 1 is 1.41 bits per heavy atom. The molecule has 0 unspecified atom stereocenters. The first-order valence-corrected chi connectivity index (χ1v) is 6.36. The maximum absolute atomic E-state index is 11.8. The maximum atomic E-state index is 11.8. The standard InChI is InChI=1S/C8H8ClN5O2S/c1-5-2-7(9)13-8(12-5)14-17(15,16)6-3-10-11-4-6/h2-4H,1H3,(H,10,11)(H,12,13,14). The van der Waals surface area contributed by atoms with Crippen molar-refractivity contribution in [3.8, 4) is 0 Å². The molecule has 2 heterocycles. The number of aromatic amines is 1. The smallest absolute Gasteiger partial charge is 0.267 e. The summed E-state index contributed by atoms with van der Waals surface area (Å²) in [5.74, 6) is -0.0730. The molecular formula is C8H8ClN5O2S. The van der Waals surface area contributed by atoms with Crippen molar-refractivity contribution in [2.45, 2.75) is 11.8 Å². The molecular weight excluding hydrogens is 266 g/mol. The summed E-state index contributed by atoms with van der Waals surface area (Å²) in [5, 5.41) is 6.13. The van der Waals surface area contributed by atoms with Crippen molar-refractivity contribution in [1.82, 2.24) is 20.2 Å². The number of anilines is 1. The van der Waals surface area contributed by atoms with Gasteiger partial charge in [-0.1, -0.05) is 11.6 Å². The Hall–Kier alpha value is -1.67. The molecule has 0 radical (unpaired) electrons. The van der Waals surface area contributed by atoms with Crippen molar-refractivity contribution in [3.05, 3.63) is 29.3 Å². The Labute approximate surface area is 102 Å². The average molecular weight is 274 g/mol. The highest BCUT2D eigenvalue weighted by Gasteiger charge is 2.17. The summed E-state index contributed by atoms with van der Waals surface area (Å²) < 4.78 is 25.8. The molecule has 0 fully saturated rings. The van der Waals surface area contributed by atoms with Gasteiger partial charge in [-0.25, -0.2) is 23.1 Å². The summed E-state index contributed by atoms with van der Waals surface area (Å²) in [6.07, 6.45) is 2.43. The van der Waals surface area contributed by atoms with Crippen molar-refractivity contribution in [3.63, 3.8) is 0 Å². The highest BCUT2D eigenvalue weighted by atomic mass is 35.5.